The molecule has 48 heavy (non-hydrogen) atoms. The minimum Gasteiger partial charge on any atom is -0.493 e. The van der Waals surface area contributed by atoms with E-state index in [1.165, 1.54) is 0 Å². The summed E-state index contributed by atoms with van der Waals surface area (Å²) in [5.74, 6) is 2.51. The number of benzene rings is 5. The fraction of sp³-hybridized carbons (Fsp3) is 0.220. The van der Waals surface area contributed by atoms with Crippen LogP contribution in [0, 0.1) is 11.8 Å². The lowest BCUT2D eigenvalue weighted by atomic mass is 9.94. The molecule has 7 rings (SSSR count). The molecule has 240 valence electrons. The summed E-state index contributed by atoms with van der Waals surface area (Å²) in [5.41, 5.74) is 10.3. The number of aryl methyl sites for hydroxylation is 1. The van der Waals surface area contributed by atoms with E-state index in [9.17, 15) is 0 Å². The Morgan fingerprint density at radius 1 is 0.479 bits per heavy atom. The van der Waals surface area contributed by atoms with Gasteiger partial charge in [-0.15, -0.1) is 0 Å². The van der Waals surface area contributed by atoms with Gasteiger partial charge in [0.1, 0.15) is 33.6 Å². The number of rotatable bonds is 10. The fourth-order valence-electron chi connectivity index (χ4n) is 5.85. The molecule has 2 aromatic heterocycles. The lowest BCUT2D eigenvalue weighted by molar-refractivity contribution is 0.271. The Labute approximate surface area is 281 Å². The Hall–Kier alpha value is -5.56. The summed E-state index contributed by atoms with van der Waals surface area (Å²) in [6, 6.07) is 36.9. The normalized spacial score (nSPS) is 11.6. The Bertz CT molecular complexity index is 2020. The van der Waals surface area contributed by atoms with E-state index >= 15 is 0 Å². The van der Waals surface area contributed by atoms with Crippen LogP contribution in [-0.4, -0.2) is 38.2 Å². The quantitative estimate of drug-likeness (QED) is 0.149. The van der Waals surface area contributed by atoms with Crippen LogP contribution in [-0.2, 0) is 7.05 Å². The van der Waals surface area contributed by atoms with Crippen molar-refractivity contribution in [1.82, 2.24) is 25.0 Å². The molecule has 0 saturated heterocycles. The molecule has 0 bridgehead atoms. The molecule has 0 saturated carbocycles. The van der Waals surface area contributed by atoms with Crippen molar-refractivity contribution in [3.05, 3.63) is 109 Å². The van der Waals surface area contributed by atoms with Crippen molar-refractivity contribution in [2.75, 3.05) is 13.2 Å². The topological polar surface area (TPSA) is 75.0 Å². The highest BCUT2D eigenvalue weighted by atomic mass is 16.5. The lowest BCUT2D eigenvalue weighted by Gasteiger charge is -2.17. The van der Waals surface area contributed by atoms with Gasteiger partial charge in [-0.05, 0) is 47.2 Å². The second-order valence-corrected chi connectivity index (χ2v) is 12.9. The molecule has 7 aromatic rings. The molecule has 0 aliphatic rings. The Balaban J connectivity index is 1.54. The van der Waals surface area contributed by atoms with Gasteiger partial charge in [0.2, 0.25) is 0 Å². The van der Waals surface area contributed by atoms with Gasteiger partial charge in [-0.3, -0.25) is 0 Å². The van der Waals surface area contributed by atoms with E-state index in [1.54, 1.807) is 4.80 Å². The van der Waals surface area contributed by atoms with Gasteiger partial charge < -0.3 is 9.47 Å². The molecule has 0 aliphatic carbocycles. The zero-order valence-corrected chi connectivity index (χ0v) is 28.0. The molecule has 0 unspecified atom stereocenters. The highest BCUT2D eigenvalue weighted by molar-refractivity contribution is 6.17. The average Bonchev–Trinajstić information content (AvgIpc) is 3.49. The molecule has 2 heterocycles. The van der Waals surface area contributed by atoms with Crippen molar-refractivity contribution in [2.45, 2.75) is 27.7 Å². The highest BCUT2D eigenvalue weighted by Crippen LogP contribution is 2.44. The van der Waals surface area contributed by atoms with E-state index in [1.807, 2.05) is 67.7 Å². The predicted octanol–water partition coefficient (Wildman–Crippen LogP) is 9.65. The first kappa shape index (κ1) is 31.1. The fourth-order valence-corrected chi connectivity index (χ4v) is 5.85. The maximum absolute atomic E-state index is 6.03. The maximum Gasteiger partial charge on any atom is 0.124 e. The van der Waals surface area contributed by atoms with E-state index in [0.717, 1.165) is 78.3 Å². The van der Waals surface area contributed by atoms with Crippen LogP contribution >= 0.6 is 0 Å². The molecule has 7 nitrogen and oxygen atoms in total. The molecule has 0 aliphatic heterocycles. The molecule has 0 N–H and O–H groups in total. The zero-order chi connectivity index (χ0) is 33.2. The molecule has 0 atom stereocenters. The molecule has 0 radical (unpaired) electrons. The van der Waals surface area contributed by atoms with Gasteiger partial charge in [-0.1, -0.05) is 113 Å². The van der Waals surface area contributed by atoms with Crippen molar-refractivity contribution < 1.29 is 9.47 Å². The van der Waals surface area contributed by atoms with Gasteiger partial charge in [-0.25, -0.2) is 9.97 Å². The zero-order valence-electron chi connectivity index (χ0n) is 28.0. The third kappa shape index (κ3) is 6.24. The number of fused-ring (bicyclic) bond motifs is 2. The first-order chi connectivity index (χ1) is 23.4. The smallest absolute Gasteiger partial charge is 0.124 e. The average molecular weight is 634 g/mol. The second kappa shape index (κ2) is 13.3. The number of hydrogen-bond acceptors (Lipinski definition) is 6. The summed E-state index contributed by atoms with van der Waals surface area (Å²) in [7, 11) is 1.86. The third-order valence-corrected chi connectivity index (χ3v) is 8.10. The summed E-state index contributed by atoms with van der Waals surface area (Å²) in [5, 5.41) is 9.88. The SMILES string of the molecule is CC(C)COc1ccc(-c2c3nc(-c4ccccc4)c(-c4ccccc4)nc3c(-c3ccc(OCC(C)C)cc3)c3nn(C)nc23)cc1. The molecule has 5 aromatic carbocycles. The van der Waals surface area contributed by atoms with Crippen LogP contribution in [0.2, 0.25) is 0 Å². The highest BCUT2D eigenvalue weighted by Gasteiger charge is 2.25. The minimum atomic E-state index is 0.432. The van der Waals surface area contributed by atoms with E-state index in [0.29, 0.717) is 25.0 Å². The molecular formula is C41H39N5O2. The molecule has 0 amide bonds. The van der Waals surface area contributed by atoms with Crippen LogP contribution in [0.3, 0.4) is 0 Å². The van der Waals surface area contributed by atoms with Gasteiger partial charge in [-0.2, -0.15) is 15.0 Å². The van der Waals surface area contributed by atoms with Crippen molar-refractivity contribution in [3.63, 3.8) is 0 Å². The van der Waals surface area contributed by atoms with Crippen LogP contribution < -0.4 is 9.47 Å². The standard InChI is InChI=1S/C41H39N5O2/c1-26(2)24-47-32-20-16-28(17-21-32)34-38-39(43-37(31-14-10-7-11-15-31)36(42-38)30-12-8-6-9-13-30)35(41-40(34)44-46(5)45-41)29-18-22-33(23-19-29)48-25-27(3)4/h6-23,26-27H,24-25H2,1-5H3. The van der Waals surface area contributed by atoms with Crippen molar-refractivity contribution in [3.8, 4) is 56.3 Å². The third-order valence-electron chi connectivity index (χ3n) is 8.10. The van der Waals surface area contributed by atoms with E-state index in [-0.39, 0.29) is 0 Å². The maximum atomic E-state index is 6.03. The van der Waals surface area contributed by atoms with Gasteiger partial charge in [0, 0.05) is 29.3 Å². The van der Waals surface area contributed by atoms with Gasteiger partial charge >= 0.3 is 0 Å². The van der Waals surface area contributed by atoms with Crippen LogP contribution in [0.15, 0.2) is 109 Å². The van der Waals surface area contributed by atoms with Gasteiger partial charge in [0.05, 0.1) is 24.6 Å². The lowest BCUT2D eigenvalue weighted by Crippen LogP contribution is -2.04. The van der Waals surface area contributed by atoms with Gasteiger partial charge in [0.25, 0.3) is 0 Å². The Morgan fingerprint density at radius 2 is 0.854 bits per heavy atom. The summed E-state index contributed by atoms with van der Waals surface area (Å²) in [6.45, 7) is 9.89. The number of hydrogen-bond donors (Lipinski definition) is 0. The second-order valence-electron chi connectivity index (χ2n) is 12.9. The van der Waals surface area contributed by atoms with Crippen LogP contribution in [0.1, 0.15) is 27.7 Å². The predicted molar refractivity (Wildman–Crippen MR) is 194 cm³/mol. The summed E-state index contributed by atoms with van der Waals surface area (Å²) in [4.78, 5) is 12.6. The summed E-state index contributed by atoms with van der Waals surface area (Å²) >= 11 is 0. The number of nitrogens with zero attached hydrogens (tertiary/aromatic N) is 5. The van der Waals surface area contributed by atoms with Crippen LogP contribution in [0.5, 0.6) is 11.5 Å². The van der Waals surface area contributed by atoms with Crippen LogP contribution in [0.25, 0.3) is 66.8 Å². The van der Waals surface area contributed by atoms with Crippen molar-refractivity contribution in [1.29, 1.82) is 0 Å². The minimum absolute atomic E-state index is 0.432. The molecule has 7 heteroatoms. The summed E-state index contributed by atoms with van der Waals surface area (Å²) < 4.78 is 12.1. The van der Waals surface area contributed by atoms with Gasteiger partial charge in [0.15, 0.2) is 0 Å². The number of ether oxygens (including phenoxy) is 2. The largest absolute Gasteiger partial charge is 0.493 e. The van der Waals surface area contributed by atoms with Crippen molar-refractivity contribution in [2.24, 2.45) is 18.9 Å². The first-order valence-electron chi connectivity index (χ1n) is 16.5. The number of aromatic nitrogens is 5. The Morgan fingerprint density at radius 3 is 1.21 bits per heavy atom. The Kier molecular flexibility index (Phi) is 8.59. The van der Waals surface area contributed by atoms with Crippen LogP contribution in [0.4, 0.5) is 0 Å². The van der Waals surface area contributed by atoms with Crippen molar-refractivity contribution >= 4 is 22.1 Å². The van der Waals surface area contributed by atoms with E-state index in [2.05, 4.69) is 76.2 Å². The first-order valence-corrected chi connectivity index (χ1v) is 16.5. The van der Waals surface area contributed by atoms with E-state index in [4.69, 9.17) is 29.6 Å². The molecule has 0 fully saturated rings. The monoisotopic (exact) mass is 633 g/mol. The molecule has 0 spiro atoms. The summed E-state index contributed by atoms with van der Waals surface area (Å²) in [6.07, 6.45) is 0. The molecular weight excluding hydrogens is 594 g/mol. The van der Waals surface area contributed by atoms with E-state index < -0.39 is 0 Å².